The van der Waals surface area contributed by atoms with E-state index in [1.54, 1.807) is 6.92 Å². The van der Waals surface area contributed by atoms with Crippen LogP contribution in [0.1, 0.15) is 36.3 Å². The molecular formula is C10H13F3N2. The Labute approximate surface area is 86.3 Å². The lowest BCUT2D eigenvalue weighted by atomic mass is 10.0. The maximum atomic E-state index is 12.3. The number of alkyl halides is 3. The summed E-state index contributed by atoms with van der Waals surface area (Å²) in [5.41, 5.74) is 5.88. The van der Waals surface area contributed by atoms with Crippen LogP contribution in [-0.2, 0) is 6.18 Å². The van der Waals surface area contributed by atoms with Gasteiger partial charge in [0.1, 0.15) is 5.69 Å². The largest absolute Gasteiger partial charge is 0.433 e. The number of hydrogen-bond donors (Lipinski definition) is 1. The molecule has 0 amide bonds. The molecule has 0 aliphatic rings. The van der Waals surface area contributed by atoms with E-state index in [-0.39, 0.29) is 6.04 Å². The van der Waals surface area contributed by atoms with Crippen LogP contribution in [0.3, 0.4) is 0 Å². The lowest BCUT2D eigenvalue weighted by molar-refractivity contribution is -0.141. The van der Waals surface area contributed by atoms with Gasteiger partial charge >= 0.3 is 6.18 Å². The molecule has 1 rings (SSSR count). The molecule has 1 atom stereocenters. The zero-order valence-electron chi connectivity index (χ0n) is 8.60. The summed E-state index contributed by atoms with van der Waals surface area (Å²) in [5, 5.41) is 0. The van der Waals surface area contributed by atoms with Gasteiger partial charge in [0, 0.05) is 11.7 Å². The Morgan fingerprint density at radius 1 is 1.40 bits per heavy atom. The van der Waals surface area contributed by atoms with Crippen molar-refractivity contribution >= 4 is 0 Å². The van der Waals surface area contributed by atoms with E-state index < -0.39 is 11.9 Å². The minimum absolute atomic E-state index is 0.250. The monoisotopic (exact) mass is 218 g/mol. The van der Waals surface area contributed by atoms with Gasteiger partial charge in [0.15, 0.2) is 0 Å². The van der Waals surface area contributed by atoms with Crippen LogP contribution in [0, 0.1) is 6.92 Å². The minimum atomic E-state index is -4.39. The van der Waals surface area contributed by atoms with Gasteiger partial charge in [0.25, 0.3) is 0 Å². The highest BCUT2D eigenvalue weighted by molar-refractivity contribution is 5.26. The van der Waals surface area contributed by atoms with Crippen molar-refractivity contribution < 1.29 is 13.2 Å². The van der Waals surface area contributed by atoms with Crippen molar-refractivity contribution in [3.8, 4) is 0 Å². The quantitative estimate of drug-likeness (QED) is 0.828. The van der Waals surface area contributed by atoms with E-state index in [1.165, 1.54) is 6.07 Å². The number of nitrogens with two attached hydrogens (primary N) is 1. The molecule has 0 bridgehead atoms. The Morgan fingerprint density at radius 2 is 2.00 bits per heavy atom. The van der Waals surface area contributed by atoms with Crippen molar-refractivity contribution in [2.45, 2.75) is 32.5 Å². The highest BCUT2D eigenvalue weighted by Crippen LogP contribution is 2.29. The highest BCUT2D eigenvalue weighted by Gasteiger charge is 2.32. The fourth-order valence-electron chi connectivity index (χ4n) is 1.34. The van der Waals surface area contributed by atoms with Gasteiger partial charge in [-0.15, -0.1) is 0 Å². The van der Waals surface area contributed by atoms with Crippen LogP contribution in [0.15, 0.2) is 12.1 Å². The summed E-state index contributed by atoms with van der Waals surface area (Å²) in [5.74, 6) is 0. The highest BCUT2D eigenvalue weighted by atomic mass is 19.4. The van der Waals surface area contributed by atoms with Gasteiger partial charge in [0.2, 0.25) is 0 Å². The number of aromatic nitrogens is 1. The summed E-state index contributed by atoms with van der Waals surface area (Å²) in [6.45, 7) is 3.42. The number of hydrogen-bond acceptors (Lipinski definition) is 2. The first-order valence-electron chi connectivity index (χ1n) is 4.66. The van der Waals surface area contributed by atoms with Gasteiger partial charge in [-0.1, -0.05) is 13.0 Å². The van der Waals surface area contributed by atoms with Crippen LogP contribution in [0.2, 0.25) is 0 Å². The number of halogens is 3. The fraction of sp³-hybridized carbons (Fsp3) is 0.500. The predicted octanol–water partition coefficient (Wildman–Crippen LogP) is 2.82. The Hall–Kier alpha value is -1.10. The molecule has 2 nitrogen and oxygen atoms in total. The standard InChI is InChI=1S/C10H13F3N2/c1-3-8(14)7-4-5-9(10(11,12)13)15-6(7)2/h4-5,8H,3,14H2,1-2H3/t8-/m1/s1. The molecule has 0 aliphatic heterocycles. The van der Waals surface area contributed by atoms with Gasteiger partial charge in [-0.3, -0.25) is 0 Å². The van der Waals surface area contributed by atoms with E-state index >= 15 is 0 Å². The molecule has 84 valence electrons. The number of nitrogens with zero attached hydrogens (tertiary/aromatic N) is 1. The van der Waals surface area contributed by atoms with Crippen LogP contribution < -0.4 is 5.73 Å². The first-order valence-corrected chi connectivity index (χ1v) is 4.66. The second-order valence-electron chi connectivity index (χ2n) is 3.38. The smallest absolute Gasteiger partial charge is 0.324 e. The van der Waals surface area contributed by atoms with Crippen molar-refractivity contribution in [2.75, 3.05) is 0 Å². The lowest BCUT2D eigenvalue weighted by Gasteiger charge is -2.14. The molecular weight excluding hydrogens is 205 g/mol. The Kier molecular flexibility index (Phi) is 3.34. The predicted molar refractivity (Wildman–Crippen MR) is 51.2 cm³/mol. The number of rotatable bonds is 2. The summed E-state index contributed by atoms with van der Waals surface area (Å²) in [6.07, 6.45) is -3.71. The number of pyridine rings is 1. The molecule has 1 aromatic rings. The third kappa shape index (κ3) is 2.68. The van der Waals surface area contributed by atoms with Crippen LogP contribution >= 0.6 is 0 Å². The van der Waals surface area contributed by atoms with Gasteiger partial charge in [-0.05, 0) is 25.0 Å². The lowest BCUT2D eigenvalue weighted by Crippen LogP contribution is -2.14. The van der Waals surface area contributed by atoms with Gasteiger partial charge < -0.3 is 5.73 Å². The summed E-state index contributed by atoms with van der Waals surface area (Å²) in [4.78, 5) is 3.51. The Morgan fingerprint density at radius 3 is 2.40 bits per heavy atom. The zero-order valence-corrected chi connectivity index (χ0v) is 8.60. The molecule has 2 N–H and O–H groups in total. The van der Waals surface area contributed by atoms with Crippen molar-refractivity contribution in [3.05, 3.63) is 29.1 Å². The van der Waals surface area contributed by atoms with Crippen molar-refractivity contribution in [1.82, 2.24) is 4.98 Å². The Bertz CT molecular complexity index is 347. The SMILES string of the molecule is CC[C@@H](N)c1ccc(C(F)(F)F)nc1C. The molecule has 0 aromatic carbocycles. The molecule has 0 spiro atoms. The van der Waals surface area contributed by atoms with E-state index in [9.17, 15) is 13.2 Å². The second kappa shape index (κ2) is 4.18. The molecule has 0 aliphatic carbocycles. The average Bonchev–Trinajstić information content (AvgIpc) is 2.15. The molecule has 0 saturated carbocycles. The van der Waals surface area contributed by atoms with E-state index in [0.717, 1.165) is 6.07 Å². The molecule has 5 heteroatoms. The Balaban J connectivity index is 3.09. The normalized spacial score (nSPS) is 14.0. The first-order chi connectivity index (χ1) is 6.86. The molecule has 15 heavy (non-hydrogen) atoms. The maximum absolute atomic E-state index is 12.3. The molecule has 0 saturated heterocycles. The topological polar surface area (TPSA) is 38.9 Å². The average molecular weight is 218 g/mol. The molecule has 1 aromatic heterocycles. The third-order valence-corrected chi connectivity index (χ3v) is 2.26. The summed E-state index contributed by atoms with van der Waals surface area (Å²) >= 11 is 0. The first kappa shape index (κ1) is 12.0. The van der Waals surface area contributed by atoms with Crippen LogP contribution in [-0.4, -0.2) is 4.98 Å². The third-order valence-electron chi connectivity index (χ3n) is 2.26. The minimum Gasteiger partial charge on any atom is -0.324 e. The van der Waals surface area contributed by atoms with Gasteiger partial charge in [-0.2, -0.15) is 13.2 Å². The maximum Gasteiger partial charge on any atom is 0.433 e. The van der Waals surface area contributed by atoms with Crippen molar-refractivity contribution in [3.63, 3.8) is 0 Å². The van der Waals surface area contributed by atoms with Gasteiger partial charge in [-0.25, -0.2) is 4.98 Å². The van der Waals surface area contributed by atoms with Crippen LogP contribution in [0.5, 0.6) is 0 Å². The zero-order chi connectivity index (χ0) is 11.6. The van der Waals surface area contributed by atoms with E-state index in [2.05, 4.69) is 4.98 Å². The van der Waals surface area contributed by atoms with Crippen LogP contribution in [0.4, 0.5) is 13.2 Å². The summed E-state index contributed by atoms with van der Waals surface area (Å²) < 4.78 is 36.9. The molecule has 0 fully saturated rings. The summed E-state index contributed by atoms with van der Waals surface area (Å²) in [6, 6.07) is 2.12. The van der Waals surface area contributed by atoms with Gasteiger partial charge in [0.05, 0.1) is 0 Å². The van der Waals surface area contributed by atoms with E-state index in [1.807, 2.05) is 6.92 Å². The fourth-order valence-corrected chi connectivity index (χ4v) is 1.34. The number of aryl methyl sites for hydroxylation is 1. The summed E-state index contributed by atoms with van der Waals surface area (Å²) in [7, 11) is 0. The molecule has 1 heterocycles. The van der Waals surface area contributed by atoms with Crippen molar-refractivity contribution in [2.24, 2.45) is 5.73 Å². The van der Waals surface area contributed by atoms with Crippen LogP contribution in [0.25, 0.3) is 0 Å². The second-order valence-corrected chi connectivity index (χ2v) is 3.38. The van der Waals surface area contributed by atoms with E-state index in [4.69, 9.17) is 5.73 Å². The molecule has 0 unspecified atom stereocenters. The van der Waals surface area contributed by atoms with E-state index in [0.29, 0.717) is 17.7 Å². The molecule has 0 radical (unpaired) electrons. The van der Waals surface area contributed by atoms with Crippen molar-refractivity contribution in [1.29, 1.82) is 0 Å².